The van der Waals surface area contributed by atoms with Crippen LogP contribution in [-0.4, -0.2) is 17.6 Å². The van der Waals surface area contributed by atoms with Crippen molar-refractivity contribution in [1.29, 1.82) is 0 Å². The number of hydrogen-bond acceptors (Lipinski definition) is 4. The molecule has 0 unspecified atom stereocenters. The van der Waals surface area contributed by atoms with Crippen LogP contribution in [0.1, 0.15) is 41.4 Å². The Labute approximate surface area is 153 Å². The average molecular weight is 346 g/mol. The van der Waals surface area contributed by atoms with Gasteiger partial charge in [0.1, 0.15) is 0 Å². The van der Waals surface area contributed by atoms with Crippen molar-refractivity contribution in [3.8, 4) is 0 Å². The molecule has 1 aliphatic rings. The van der Waals surface area contributed by atoms with E-state index in [1.54, 1.807) is 6.07 Å². The van der Waals surface area contributed by atoms with E-state index in [4.69, 9.17) is 9.72 Å². The van der Waals surface area contributed by atoms with Gasteiger partial charge in [0.05, 0.1) is 23.4 Å². The first-order valence-electron chi connectivity index (χ1n) is 9.21. The highest BCUT2D eigenvalue weighted by atomic mass is 16.5. The molecule has 1 heterocycles. The molecule has 26 heavy (non-hydrogen) atoms. The first-order valence-corrected chi connectivity index (χ1v) is 9.21. The lowest BCUT2D eigenvalue weighted by atomic mass is 9.92. The van der Waals surface area contributed by atoms with Gasteiger partial charge in [0.25, 0.3) is 0 Å². The van der Waals surface area contributed by atoms with Crippen LogP contribution in [0.15, 0.2) is 48.5 Å². The second-order valence-corrected chi connectivity index (χ2v) is 6.56. The van der Waals surface area contributed by atoms with Crippen molar-refractivity contribution >= 4 is 28.2 Å². The van der Waals surface area contributed by atoms with Crippen molar-refractivity contribution in [2.45, 2.75) is 32.6 Å². The standard InChI is InChI=1S/C22H22N2O2/c1-2-26-22(25)15-8-7-9-16(14-15)23-21-17-10-3-5-12-19(17)24-20-13-6-4-11-18(20)21/h3,5,7-10,12,14H,2,4,6,11,13H2,1H3,(H,23,24). The molecule has 4 rings (SSSR count). The Hall–Kier alpha value is -2.88. The molecule has 0 bridgehead atoms. The van der Waals surface area contributed by atoms with Crippen LogP contribution < -0.4 is 5.32 Å². The summed E-state index contributed by atoms with van der Waals surface area (Å²) in [5, 5.41) is 4.68. The van der Waals surface area contributed by atoms with Crippen LogP contribution in [0.2, 0.25) is 0 Å². The molecule has 0 atom stereocenters. The Balaban J connectivity index is 1.78. The summed E-state index contributed by atoms with van der Waals surface area (Å²) in [6.07, 6.45) is 4.44. The van der Waals surface area contributed by atoms with Gasteiger partial charge in [-0.1, -0.05) is 24.3 Å². The molecule has 0 saturated carbocycles. The Morgan fingerprint density at radius 2 is 1.96 bits per heavy atom. The Kier molecular flexibility index (Phi) is 4.57. The number of nitrogens with one attached hydrogen (secondary N) is 1. The largest absolute Gasteiger partial charge is 0.462 e. The molecule has 0 fully saturated rings. The SMILES string of the molecule is CCOC(=O)c1cccc(Nc2c3c(nc4ccccc24)CCCC3)c1. The smallest absolute Gasteiger partial charge is 0.338 e. The summed E-state index contributed by atoms with van der Waals surface area (Å²) < 4.78 is 5.12. The van der Waals surface area contributed by atoms with E-state index < -0.39 is 0 Å². The Bertz CT molecular complexity index is 966. The zero-order valence-electron chi connectivity index (χ0n) is 14.9. The van der Waals surface area contributed by atoms with E-state index in [2.05, 4.69) is 17.4 Å². The van der Waals surface area contributed by atoms with Gasteiger partial charge in [-0.25, -0.2) is 4.79 Å². The topological polar surface area (TPSA) is 51.2 Å². The van der Waals surface area contributed by atoms with Crippen molar-refractivity contribution in [2.24, 2.45) is 0 Å². The van der Waals surface area contributed by atoms with Gasteiger partial charge in [0, 0.05) is 16.8 Å². The molecule has 1 aliphatic carbocycles. The van der Waals surface area contributed by atoms with Crippen LogP contribution >= 0.6 is 0 Å². The van der Waals surface area contributed by atoms with Gasteiger partial charge in [0.15, 0.2) is 0 Å². The minimum absolute atomic E-state index is 0.294. The molecule has 0 saturated heterocycles. The zero-order valence-corrected chi connectivity index (χ0v) is 14.9. The molecular weight excluding hydrogens is 324 g/mol. The minimum atomic E-state index is -0.294. The summed E-state index contributed by atoms with van der Waals surface area (Å²) in [5.41, 5.74) is 6.07. The lowest BCUT2D eigenvalue weighted by Gasteiger charge is -2.22. The van der Waals surface area contributed by atoms with Crippen molar-refractivity contribution in [3.05, 3.63) is 65.4 Å². The molecule has 4 nitrogen and oxygen atoms in total. The van der Waals surface area contributed by atoms with E-state index in [0.717, 1.165) is 35.1 Å². The Morgan fingerprint density at radius 3 is 2.85 bits per heavy atom. The first-order chi connectivity index (χ1) is 12.8. The molecule has 0 aliphatic heterocycles. The summed E-state index contributed by atoms with van der Waals surface area (Å²) >= 11 is 0. The van der Waals surface area contributed by atoms with Gasteiger partial charge in [-0.2, -0.15) is 0 Å². The number of nitrogens with zero attached hydrogens (tertiary/aromatic N) is 1. The minimum Gasteiger partial charge on any atom is -0.462 e. The van der Waals surface area contributed by atoms with Crippen molar-refractivity contribution in [3.63, 3.8) is 0 Å². The number of ether oxygens (including phenoxy) is 1. The lowest BCUT2D eigenvalue weighted by Crippen LogP contribution is -2.10. The van der Waals surface area contributed by atoms with E-state index in [1.807, 2.05) is 37.3 Å². The van der Waals surface area contributed by atoms with Crippen LogP contribution in [0.4, 0.5) is 11.4 Å². The number of para-hydroxylation sites is 1. The average Bonchev–Trinajstić information content (AvgIpc) is 2.68. The number of esters is 1. The molecular formula is C22H22N2O2. The number of aromatic nitrogens is 1. The van der Waals surface area contributed by atoms with E-state index in [0.29, 0.717) is 12.2 Å². The molecule has 3 aromatic rings. The summed E-state index contributed by atoms with van der Waals surface area (Å²) in [5.74, 6) is -0.294. The molecule has 2 aromatic carbocycles. The van der Waals surface area contributed by atoms with Crippen LogP contribution in [0.3, 0.4) is 0 Å². The van der Waals surface area contributed by atoms with E-state index in [1.165, 1.54) is 24.1 Å². The maximum atomic E-state index is 12.0. The van der Waals surface area contributed by atoms with Gasteiger partial charge in [-0.3, -0.25) is 4.98 Å². The van der Waals surface area contributed by atoms with Gasteiger partial charge in [0.2, 0.25) is 0 Å². The second kappa shape index (κ2) is 7.16. The van der Waals surface area contributed by atoms with E-state index in [9.17, 15) is 4.79 Å². The number of fused-ring (bicyclic) bond motifs is 2. The maximum Gasteiger partial charge on any atom is 0.338 e. The number of carbonyl (C=O) groups excluding carboxylic acids is 1. The van der Waals surface area contributed by atoms with Gasteiger partial charge in [-0.05, 0) is 62.4 Å². The number of benzene rings is 2. The van der Waals surface area contributed by atoms with Crippen LogP contribution in [0, 0.1) is 0 Å². The third kappa shape index (κ3) is 3.15. The highest BCUT2D eigenvalue weighted by Gasteiger charge is 2.18. The highest BCUT2D eigenvalue weighted by molar-refractivity contribution is 5.96. The highest BCUT2D eigenvalue weighted by Crippen LogP contribution is 2.35. The quantitative estimate of drug-likeness (QED) is 0.673. The summed E-state index contributed by atoms with van der Waals surface area (Å²) in [4.78, 5) is 16.9. The fourth-order valence-corrected chi connectivity index (χ4v) is 3.60. The maximum absolute atomic E-state index is 12.0. The van der Waals surface area contributed by atoms with Crippen LogP contribution in [-0.2, 0) is 17.6 Å². The van der Waals surface area contributed by atoms with Crippen LogP contribution in [0.25, 0.3) is 10.9 Å². The molecule has 1 N–H and O–H groups in total. The summed E-state index contributed by atoms with van der Waals surface area (Å²) in [6, 6.07) is 15.7. The summed E-state index contributed by atoms with van der Waals surface area (Å²) in [7, 11) is 0. The van der Waals surface area contributed by atoms with Crippen molar-refractivity contribution in [1.82, 2.24) is 4.98 Å². The first kappa shape index (κ1) is 16.6. The van der Waals surface area contributed by atoms with Gasteiger partial charge in [-0.15, -0.1) is 0 Å². The van der Waals surface area contributed by atoms with Crippen molar-refractivity contribution in [2.75, 3.05) is 11.9 Å². The zero-order chi connectivity index (χ0) is 17.9. The van der Waals surface area contributed by atoms with Crippen molar-refractivity contribution < 1.29 is 9.53 Å². The van der Waals surface area contributed by atoms with Crippen LogP contribution in [0.5, 0.6) is 0 Å². The predicted molar refractivity (Wildman–Crippen MR) is 104 cm³/mol. The lowest BCUT2D eigenvalue weighted by molar-refractivity contribution is 0.0526. The molecule has 132 valence electrons. The normalized spacial score (nSPS) is 13.3. The Morgan fingerprint density at radius 1 is 1.12 bits per heavy atom. The molecule has 4 heteroatoms. The number of anilines is 2. The molecule has 0 amide bonds. The number of rotatable bonds is 4. The fraction of sp³-hybridized carbons (Fsp3) is 0.273. The van der Waals surface area contributed by atoms with E-state index in [-0.39, 0.29) is 5.97 Å². The number of hydrogen-bond donors (Lipinski definition) is 1. The van der Waals surface area contributed by atoms with Gasteiger partial charge >= 0.3 is 5.97 Å². The number of pyridine rings is 1. The molecule has 0 radical (unpaired) electrons. The summed E-state index contributed by atoms with van der Waals surface area (Å²) in [6.45, 7) is 2.19. The molecule has 0 spiro atoms. The van der Waals surface area contributed by atoms with E-state index >= 15 is 0 Å². The number of carbonyl (C=O) groups is 1. The third-order valence-corrected chi connectivity index (χ3v) is 4.81. The molecule has 1 aromatic heterocycles. The predicted octanol–water partition coefficient (Wildman–Crippen LogP) is 5.03. The third-order valence-electron chi connectivity index (χ3n) is 4.81. The number of aryl methyl sites for hydroxylation is 1. The monoisotopic (exact) mass is 346 g/mol. The fourth-order valence-electron chi connectivity index (χ4n) is 3.60. The van der Waals surface area contributed by atoms with Gasteiger partial charge < -0.3 is 10.1 Å². The second-order valence-electron chi connectivity index (χ2n) is 6.56.